The fourth-order valence-electron chi connectivity index (χ4n) is 1.73. The molecule has 0 amide bonds. The van der Waals surface area contributed by atoms with Gasteiger partial charge in [0.2, 0.25) is 0 Å². The third-order valence-electron chi connectivity index (χ3n) is 2.53. The third-order valence-corrected chi connectivity index (χ3v) is 3.44. The first-order chi connectivity index (χ1) is 8.12. The van der Waals surface area contributed by atoms with Crippen LogP contribution in [0.3, 0.4) is 0 Å². The minimum absolute atomic E-state index is 0.519. The molecular weight excluding hydrogens is 234 g/mol. The summed E-state index contributed by atoms with van der Waals surface area (Å²) in [7, 11) is 0. The molecule has 2 aromatic rings. The number of hydrogen-bond acceptors (Lipinski definition) is 4. The summed E-state index contributed by atoms with van der Waals surface area (Å²) >= 11 is 1.64. The quantitative estimate of drug-likeness (QED) is 0.851. The van der Waals surface area contributed by atoms with E-state index in [1.165, 1.54) is 0 Å². The van der Waals surface area contributed by atoms with Gasteiger partial charge in [0.05, 0.1) is 5.60 Å². The lowest BCUT2D eigenvalue weighted by Gasteiger charge is -2.23. The number of hydrogen-bond donors (Lipinski definition) is 2. The van der Waals surface area contributed by atoms with Gasteiger partial charge in [-0.1, -0.05) is 6.07 Å². The van der Waals surface area contributed by atoms with Gasteiger partial charge in [-0.2, -0.15) is 11.8 Å². The molecule has 0 radical (unpaired) electrons. The number of thioether (sulfide) groups is 1. The van der Waals surface area contributed by atoms with E-state index in [9.17, 15) is 5.11 Å². The minimum Gasteiger partial charge on any atom is -0.387 e. The number of imidazole rings is 1. The molecular formula is C12H17N3OS. The molecule has 1 unspecified atom stereocenters. The first-order valence-electron chi connectivity index (χ1n) is 5.50. The Kier molecular flexibility index (Phi) is 3.59. The number of anilines is 1. The number of pyridine rings is 1. The Morgan fingerprint density at radius 3 is 3.12 bits per heavy atom. The van der Waals surface area contributed by atoms with Crippen molar-refractivity contribution in [1.82, 2.24) is 9.38 Å². The topological polar surface area (TPSA) is 49.6 Å². The number of nitrogens with one attached hydrogen (secondary N) is 1. The average Bonchev–Trinajstić information content (AvgIpc) is 2.74. The second-order valence-corrected chi connectivity index (χ2v) is 5.22. The van der Waals surface area contributed by atoms with Crippen molar-refractivity contribution in [3.63, 3.8) is 0 Å². The third kappa shape index (κ3) is 2.92. The first kappa shape index (κ1) is 12.3. The highest BCUT2D eigenvalue weighted by Gasteiger charge is 2.19. The van der Waals surface area contributed by atoms with Crippen molar-refractivity contribution in [2.45, 2.75) is 12.5 Å². The lowest BCUT2D eigenvalue weighted by molar-refractivity contribution is 0.0996. The van der Waals surface area contributed by atoms with Crippen molar-refractivity contribution in [3.8, 4) is 0 Å². The molecule has 0 fully saturated rings. The van der Waals surface area contributed by atoms with E-state index in [1.54, 1.807) is 18.0 Å². The standard InChI is InChI=1S/C12H17N3OS/c1-12(16,9-17-2)8-14-11-5-3-4-10-13-6-7-15(10)11/h3-7,14,16H,8-9H2,1-2H3. The van der Waals surface area contributed by atoms with Gasteiger partial charge >= 0.3 is 0 Å². The molecule has 2 aromatic heterocycles. The van der Waals surface area contributed by atoms with Gasteiger partial charge in [0.1, 0.15) is 11.5 Å². The molecule has 17 heavy (non-hydrogen) atoms. The fraction of sp³-hybridized carbons (Fsp3) is 0.417. The molecule has 92 valence electrons. The van der Waals surface area contributed by atoms with Gasteiger partial charge in [0.15, 0.2) is 0 Å². The molecule has 2 N–H and O–H groups in total. The van der Waals surface area contributed by atoms with Crippen LogP contribution in [0.5, 0.6) is 0 Å². The van der Waals surface area contributed by atoms with Crippen molar-refractivity contribution in [3.05, 3.63) is 30.6 Å². The SMILES string of the molecule is CSCC(C)(O)CNc1cccc2nccn12. The summed E-state index contributed by atoms with van der Waals surface area (Å²) in [6.45, 7) is 2.36. The van der Waals surface area contributed by atoms with Crippen molar-refractivity contribution in [1.29, 1.82) is 0 Å². The van der Waals surface area contributed by atoms with E-state index < -0.39 is 5.60 Å². The van der Waals surface area contributed by atoms with Crippen molar-refractivity contribution in [2.75, 3.05) is 23.9 Å². The maximum absolute atomic E-state index is 10.1. The van der Waals surface area contributed by atoms with Gasteiger partial charge in [0, 0.05) is 24.7 Å². The first-order valence-corrected chi connectivity index (χ1v) is 6.89. The molecule has 0 saturated carbocycles. The van der Waals surface area contributed by atoms with Crippen molar-refractivity contribution < 1.29 is 5.11 Å². The van der Waals surface area contributed by atoms with Gasteiger partial charge < -0.3 is 10.4 Å². The van der Waals surface area contributed by atoms with Gasteiger partial charge in [-0.3, -0.25) is 4.40 Å². The zero-order valence-electron chi connectivity index (χ0n) is 10.1. The molecule has 0 aliphatic heterocycles. The molecule has 0 saturated heterocycles. The van der Waals surface area contributed by atoms with Gasteiger partial charge in [0.25, 0.3) is 0 Å². The Morgan fingerprint density at radius 2 is 2.35 bits per heavy atom. The predicted molar refractivity (Wildman–Crippen MR) is 72.7 cm³/mol. The smallest absolute Gasteiger partial charge is 0.138 e. The van der Waals surface area contributed by atoms with Gasteiger partial charge in [-0.05, 0) is 25.3 Å². The number of aromatic nitrogens is 2. The zero-order chi connectivity index (χ0) is 12.3. The molecule has 0 aliphatic rings. The van der Waals surface area contributed by atoms with Crippen molar-refractivity contribution in [2.24, 2.45) is 0 Å². The van der Waals surface area contributed by atoms with Crippen LogP contribution < -0.4 is 5.32 Å². The van der Waals surface area contributed by atoms with Crippen LogP contribution in [0.2, 0.25) is 0 Å². The second-order valence-electron chi connectivity index (χ2n) is 4.35. The maximum Gasteiger partial charge on any atom is 0.138 e. The van der Waals surface area contributed by atoms with Gasteiger partial charge in [-0.15, -0.1) is 0 Å². The van der Waals surface area contributed by atoms with E-state index in [-0.39, 0.29) is 0 Å². The molecule has 0 aromatic carbocycles. The summed E-state index contributed by atoms with van der Waals surface area (Å²) in [5.74, 6) is 1.65. The number of fused-ring (bicyclic) bond motifs is 1. The average molecular weight is 251 g/mol. The summed E-state index contributed by atoms with van der Waals surface area (Å²) in [6, 6.07) is 5.88. The Labute approximate surface area is 105 Å². The molecule has 0 aliphatic carbocycles. The fourth-order valence-corrected chi connectivity index (χ4v) is 2.46. The summed E-state index contributed by atoms with van der Waals surface area (Å²) in [5.41, 5.74) is 0.196. The predicted octanol–water partition coefficient (Wildman–Crippen LogP) is 1.86. The minimum atomic E-state index is -0.706. The normalized spacial score (nSPS) is 14.8. The van der Waals surface area contributed by atoms with Crippen LogP contribution in [-0.4, -0.2) is 38.6 Å². The molecule has 1 atom stereocenters. The monoisotopic (exact) mass is 251 g/mol. The highest BCUT2D eigenvalue weighted by molar-refractivity contribution is 7.98. The second kappa shape index (κ2) is 4.98. The lowest BCUT2D eigenvalue weighted by atomic mass is 10.1. The van der Waals surface area contributed by atoms with E-state index in [4.69, 9.17) is 0 Å². The molecule has 2 rings (SSSR count). The van der Waals surface area contributed by atoms with E-state index in [0.29, 0.717) is 12.3 Å². The van der Waals surface area contributed by atoms with Crippen LogP contribution in [0.25, 0.3) is 5.65 Å². The number of aliphatic hydroxyl groups is 1. The van der Waals surface area contributed by atoms with Crippen LogP contribution in [0, 0.1) is 0 Å². The van der Waals surface area contributed by atoms with E-state index >= 15 is 0 Å². The van der Waals surface area contributed by atoms with Crippen LogP contribution in [0.4, 0.5) is 5.82 Å². The molecule has 0 spiro atoms. The van der Waals surface area contributed by atoms with Crippen LogP contribution in [0.15, 0.2) is 30.6 Å². The molecule has 5 heteroatoms. The molecule has 4 nitrogen and oxygen atoms in total. The largest absolute Gasteiger partial charge is 0.387 e. The molecule has 2 heterocycles. The van der Waals surface area contributed by atoms with Crippen LogP contribution in [0.1, 0.15) is 6.92 Å². The number of nitrogens with zero attached hydrogens (tertiary/aromatic N) is 2. The Hall–Kier alpha value is -1.20. The van der Waals surface area contributed by atoms with Crippen LogP contribution in [-0.2, 0) is 0 Å². The summed E-state index contributed by atoms with van der Waals surface area (Å²) < 4.78 is 1.97. The Balaban J connectivity index is 2.11. The Bertz CT molecular complexity index is 495. The van der Waals surface area contributed by atoms with E-state index in [2.05, 4.69) is 10.3 Å². The zero-order valence-corrected chi connectivity index (χ0v) is 10.9. The van der Waals surface area contributed by atoms with E-state index in [0.717, 1.165) is 11.5 Å². The van der Waals surface area contributed by atoms with Crippen LogP contribution >= 0.6 is 11.8 Å². The number of rotatable bonds is 5. The highest BCUT2D eigenvalue weighted by Crippen LogP contribution is 2.14. The van der Waals surface area contributed by atoms with Gasteiger partial charge in [-0.25, -0.2) is 4.98 Å². The summed E-state index contributed by atoms with van der Waals surface area (Å²) in [4.78, 5) is 4.22. The summed E-state index contributed by atoms with van der Waals surface area (Å²) in [6.07, 6.45) is 5.66. The molecule has 0 bridgehead atoms. The Morgan fingerprint density at radius 1 is 1.53 bits per heavy atom. The van der Waals surface area contributed by atoms with Crippen molar-refractivity contribution >= 4 is 23.2 Å². The maximum atomic E-state index is 10.1. The highest BCUT2D eigenvalue weighted by atomic mass is 32.2. The lowest BCUT2D eigenvalue weighted by Crippen LogP contribution is -2.36. The van der Waals surface area contributed by atoms with E-state index in [1.807, 2.05) is 42.0 Å². The summed E-state index contributed by atoms with van der Waals surface area (Å²) in [5, 5.41) is 13.3.